The SMILES string of the molecule is CCN(CC(=O)Nc1ccc(OC)c(S(=O)(=O)N(C)C)c1)Cc1ccccc1C. The van der Waals surface area contributed by atoms with Gasteiger partial charge in [0.2, 0.25) is 15.9 Å². The van der Waals surface area contributed by atoms with Gasteiger partial charge in [-0.3, -0.25) is 9.69 Å². The highest BCUT2D eigenvalue weighted by Crippen LogP contribution is 2.28. The summed E-state index contributed by atoms with van der Waals surface area (Å²) in [7, 11) is 0.603. The lowest BCUT2D eigenvalue weighted by molar-refractivity contribution is -0.117. The minimum absolute atomic E-state index is 0.00931. The van der Waals surface area contributed by atoms with E-state index in [4.69, 9.17) is 4.74 Å². The highest BCUT2D eigenvalue weighted by molar-refractivity contribution is 7.89. The number of hydrogen-bond acceptors (Lipinski definition) is 5. The van der Waals surface area contributed by atoms with Crippen LogP contribution in [0.5, 0.6) is 5.75 Å². The Bertz CT molecular complexity index is 958. The maximum absolute atomic E-state index is 12.6. The van der Waals surface area contributed by atoms with Crippen LogP contribution in [0.15, 0.2) is 47.4 Å². The van der Waals surface area contributed by atoms with Gasteiger partial charge < -0.3 is 10.1 Å². The van der Waals surface area contributed by atoms with Gasteiger partial charge in [0.05, 0.1) is 13.7 Å². The topological polar surface area (TPSA) is 79.0 Å². The Kier molecular flexibility index (Phi) is 7.78. The fourth-order valence-electron chi connectivity index (χ4n) is 2.86. The zero-order chi connectivity index (χ0) is 21.6. The molecule has 0 fully saturated rings. The predicted octanol–water partition coefficient (Wildman–Crippen LogP) is 2.71. The summed E-state index contributed by atoms with van der Waals surface area (Å²) in [5.41, 5.74) is 2.76. The Hall–Kier alpha value is -2.42. The molecule has 0 aliphatic heterocycles. The summed E-state index contributed by atoms with van der Waals surface area (Å²) in [6.07, 6.45) is 0. The number of amides is 1. The molecule has 7 nitrogen and oxygen atoms in total. The monoisotopic (exact) mass is 419 g/mol. The lowest BCUT2D eigenvalue weighted by Crippen LogP contribution is -2.33. The van der Waals surface area contributed by atoms with E-state index in [9.17, 15) is 13.2 Å². The van der Waals surface area contributed by atoms with Gasteiger partial charge in [0.1, 0.15) is 10.6 Å². The molecule has 0 aromatic heterocycles. The van der Waals surface area contributed by atoms with Crippen LogP contribution in [-0.2, 0) is 21.4 Å². The Morgan fingerprint density at radius 3 is 2.41 bits per heavy atom. The molecule has 1 N–H and O–H groups in total. The van der Waals surface area contributed by atoms with E-state index in [0.29, 0.717) is 18.8 Å². The smallest absolute Gasteiger partial charge is 0.246 e. The number of sulfonamides is 1. The third-order valence-corrected chi connectivity index (χ3v) is 6.51. The van der Waals surface area contributed by atoms with Crippen LogP contribution in [-0.4, -0.2) is 57.8 Å². The number of methoxy groups -OCH3 is 1. The van der Waals surface area contributed by atoms with E-state index < -0.39 is 10.0 Å². The fraction of sp³-hybridized carbons (Fsp3) is 0.381. The van der Waals surface area contributed by atoms with Gasteiger partial charge in [-0.05, 0) is 42.8 Å². The van der Waals surface area contributed by atoms with Gasteiger partial charge in [-0.25, -0.2) is 12.7 Å². The quantitative estimate of drug-likeness (QED) is 0.676. The van der Waals surface area contributed by atoms with E-state index >= 15 is 0 Å². The number of rotatable bonds is 9. The van der Waals surface area contributed by atoms with Gasteiger partial charge in [0.25, 0.3) is 0 Å². The van der Waals surface area contributed by atoms with Crippen molar-refractivity contribution in [3.05, 3.63) is 53.6 Å². The van der Waals surface area contributed by atoms with Gasteiger partial charge in [0, 0.05) is 26.3 Å². The van der Waals surface area contributed by atoms with Gasteiger partial charge in [-0.2, -0.15) is 0 Å². The zero-order valence-corrected chi connectivity index (χ0v) is 18.4. The van der Waals surface area contributed by atoms with Gasteiger partial charge in [0.15, 0.2) is 0 Å². The molecule has 0 unspecified atom stereocenters. The number of aryl methyl sites for hydroxylation is 1. The molecule has 0 heterocycles. The van der Waals surface area contributed by atoms with E-state index in [1.54, 1.807) is 6.07 Å². The van der Waals surface area contributed by atoms with E-state index in [-0.39, 0.29) is 23.1 Å². The number of anilines is 1. The number of benzene rings is 2. The van der Waals surface area contributed by atoms with Crippen molar-refractivity contribution in [3.8, 4) is 5.75 Å². The highest BCUT2D eigenvalue weighted by Gasteiger charge is 2.23. The first-order valence-corrected chi connectivity index (χ1v) is 10.8. The number of nitrogens with zero attached hydrogens (tertiary/aromatic N) is 2. The first kappa shape index (κ1) is 22.9. The standard InChI is InChI=1S/C21H29N3O4S/c1-6-24(14-17-10-8-7-9-16(17)2)15-21(25)22-18-11-12-19(28-5)20(13-18)29(26,27)23(3)4/h7-13H,6,14-15H2,1-5H3,(H,22,25). The number of likely N-dealkylation sites (N-methyl/N-ethyl adjacent to an activating group) is 1. The minimum Gasteiger partial charge on any atom is -0.495 e. The van der Waals surface area contributed by atoms with Gasteiger partial charge >= 0.3 is 0 Å². The molecule has 1 amide bonds. The maximum Gasteiger partial charge on any atom is 0.246 e. The second kappa shape index (κ2) is 9.87. The van der Waals surface area contributed by atoms with Crippen molar-refractivity contribution >= 4 is 21.6 Å². The van der Waals surface area contributed by atoms with Crippen LogP contribution in [0.4, 0.5) is 5.69 Å². The fourth-order valence-corrected chi connectivity index (χ4v) is 3.94. The average molecular weight is 420 g/mol. The normalized spacial score (nSPS) is 11.7. The van der Waals surface area contributed by atoms with E-state index in [0.717, 1.165) is 4.31 Å². The highest BCUT2D eigenvalue weighted by atomic mass is 32.2. The molecule has 8 heteroatoms. The van der Waals surface area contributed by atoms with Crippen molar-refractivity contribution in [1.82, 2.24) is 9.21 Å². The molecule has 0 aliphatic carbocycles. The first-order valence-electron chi connectivity index (χ1n) is 9.36. The summed E-state index contributed by atoms with van der Waals surface area (Å²) in [4.78, 5) is 14.6. The number of nitrogens with one attached hydrogen (secondary N) is 1. The van der Waals surface area contributed by atoms with Crippen LogP contribution in [0.25, 0.3) is 0 Å². The molecule has 29 heavy (non-hydrogen) atoms. The molecular formula is C21H29N3O4S. The van der Waals surface area contributed by atoms with E-state index in [2.05, 4.69) is 11.4 Å². The molecule has 0 bridgehead atoms. The second-order valence-electron chi connectivity index (χ2n) is 6.93. The Morgan fingerprint density at radius 2 is 1.83 bits per heavy atom. The third kappa shape index (κ3) is 5.79. The minimum atomic E-state index is -3.70. The second-order valence-corrected chi connectivity index (χ2v) is 9.05. The largest absolute Gasteiger partial charge is 0.495 e. The summed E-state index contributed by atoms with van der Waals surface area (Å²) in [5, 5.41) is 2.79. The van der Waals surface area contributed by atoms with Crippen molar-refractivity contribution in [3.63, 3.8) is 0 Å². The van der Waals surface area contributed by atoms with E-state index in [1.807, 2.05) is 36.9 Å². The Balaban J connectivity index is 2.14. The van der Waals surface area contributed by atoms with Crippen molar-refractivity contribution in [1.29, 1.82) is 0 Å². The van der Waals surface area contributed by atoms with Crippen LogP contribution >= 0.6 is 0 Å². The van der Waals surface area contributed by atoms with E-state index in [1.165, 1.54) is 44.5 Å². The van der Waals surface area contributed by atoms with Crippen LogP contribution in [0.1, 0.15) is 18.1 Å². The Morgan fingerprint density at radius 1 is 1.14 bits per heavy atom. The lowest BCUT2D eigenvalue weighted by Gasteiger charge is -2.21. The first-order chi connectivity index (χ1) is 13.7. The summed E-state index contributed by atoms with van der Waals surface area (Å²) >= 11 is 0. The molecule has 0 aliphatic rings. The van der Waals surface area contributed by atoms with Crippen molar-refractivity contribution < 1.29 is 17.9 Å². The zero-order valence-electron chi connectivity index (χ0n) is 17.6. The van der Waals surface area contributed by atoms with Crippen LogP contribution in [0.3, 0.4) is 0 Å². The molecule has 0 radical (unpaired) electrons. The van der Waals surface area contributed by atoms with Crippen LogP contribution in [0, 0.1) is 6.92 Å². The summed E-state index contributed by atoms with van der Waals surface area (Å²) in [6, 6.07) is 12.7. The van der Waals surface area contributed by atoms with Crippen molar-refractivity contribution in [2.24, 2.45) is 0 Å². The molecule has 2 aromatic rings. The van der Waals surface area contributed by atoms with Crippen LogP contribution < -0.4 is 10.1 Å². The van der Waals surface area contributed by atoms with Gasteiger partial charge in [-0.15, -0.1) is 0 Å². The van der Waals surface area contributed by atoms with Crippen molar-refractivity contribution in [2.75, 3.05) is 39.6 Å². The molecule has 2 aromatic carbocycles. The number of ether oxygens (including phenoxy) is 1. The Labute approximate surface area is 173 Å². The third-order valence-electron chi connectivity index (χ3n) is 4.68. The average Bonchev–Trinajstić information content (AvgIpc) is 2.68. The molecule has 2 rings (SSSR count). The summed E-state index contributed by atoms with van der Waals surface area (Å²) < 4.78 is 31.4. The maximum atomic E-state index is 12.6. The molecule has 0 spiro atoms. The molecule has 0 saturated heterocycles. The molecule has 0 atom stereocenters. The number of hydrogen-bond donors (Lipinski definition) is 1. The summed E-state index contributed by atoms with van der Waals surface area (Å²) in [6.45, 7) is 5.63. The van der Waals surface area contributed by atoms with Crippen LogP contribution in [0.2, 0.25) is 0 Å². The number of carbonyl (C=O) groups excluding carboxylic acids is 1. The molecular weight excluding hydrogens is 390 g/mol. The number of carbonyl (C=O) groups is 1. The van der Waals surface area contributed by atoms with Crippen molar-refractivity contribution in [2.45, 2.75) is 25.3 Å². The summed E-state index contributed by atoms with van der Waals surface area (Å²) in [5.74, 6) is 0.0187. The lowest BCUT2D eigenvalue weighted by atomic mass is 10.1. The predicted molar refractivity (Wildman–Crippen MR) is 115 cm³/mol. The molecule has 0 saturated carbocycles. The molecule has 158 valence electrons. The van der Waals surface area contributed by atoms with Gasteiger partial charge in [-0.1, -0.05) is 31.2 Å².